The Hall–Kier alpha value is -1.06. The van der Waals surface area contributed by atoms with E-state index in [2.05, 4.69) is 10.2 Å². The minimum atomic E-state index is 0.434. The number of likely N-dealkylation sites (tertiary alicyclic amines) is 1. The monoisotopic (exact) mass is 246 g/mol. The molecule has 2 aliphatic rings. The molecule has 2 N–H and O–H groups in total. The zero-order valence-corrected chi connectivity index (χ0v) is 10.8. The molecule has 0 amide bonds. The van der Waals surface area contributed by atoms with Crippen LogP contribution in [0, 0.1) is 0 Å². The molecule has 0 unspecified atom stereocenters. The number of hydrogen-bond donors (Lipinski definition) is 2. The fourth-order valence-corrected chi connectivity index (χ4v) is 3.41. The van der Waals surface area contributed by atoms with Gasteiger partial charge in [-0.3, -0.25) is 4.90 Å². The van der Waals surface area contributed by atoms with E-state index in [1.807, 2.05) is 18.2 Å². The second-order valence-corrected chi connectivity index (χ2v) is 5.51. The first-order chi connectivity index (χ1) is 8.84. The number of hydrogen-bond acceptors (Lipinski definition) is 3. The second-order valence-electron chi connectivity index (χ2n) is 5.51. The Bertz CT molecular complexity index is 405. The third kappa shape index (κ3) is 2.38. The van der Waals surface area contributed by atoms with E-state index in [9.17, 15) is 5.11 Å². The van der Waals surface area contributed by atoms with Crippen LogP contribution in [-0.2, 0) is 6.54 Å². The number of phenols is 1. The van der Waals surface area contributed by atoms with Crippen LogP contribution in [0.4, 0.5) is 0 Å². The molecule has 0 aliphatic carbocycles. The fraction of sp³-hybridized carbons (Fsp3) is 0.600. The Morgan fingerprint density at radius 3 is 3.00 bits per heavy atom. The van der Waals surface area contributed by atoms with Gasteiger partial charge in [0.05, 0.1) is 0 Å². The quantitative estimate of drug-likeness (QED) is 0.839. The normalized spacial score (nSPS) is 28.9. The average Bonchev–Trinajstić information content (AvgIpc) is 2.42. The molecular weight excluding hydrogens is 224 g/mol. The molecule has 0 radical (unpaired) electrons. The summed E-state index contributed by atoms with van der Waals surface area (Å²) in [7, 11) is 0. The van der Waals surface area contributed by atoms with Crippen LogP contribution in [0.5, 0.6) is 5.75 Å². The number of nitrogens with zero attached hydrogens (tertiary/aromatic N) is 1. The lowest BCUT2D eigenvalue weighted by Gasteiger charge is -2.44. The fourth-order valence-electron chi connectivity index (χ4n) is 3.41. The maximum absolute atomic E-state index is 9.89. The predicted octanol–water partition coefficient (Wildman–Crippen LogP) is 2.11. The van der Waals surface area contributed by atoms with Crippen molar-refractivity contribution in [2.75, 3.05) is 13.1 Å². The third-order valence-electron chi connectivity index (χ3n) is 4.34. The highest BCUT2D eigenvalue weighted by Gasteiger charge is 2.32. The van der Waals surface area contributed by atoms with Crippen LogP contribution in [0.3, 0.4) is 0 Å². The van der Waals surface area contributed by atoms with Gasteiger partial charge < -0.3 is 10.4 Å². The van der Waals surface area contributed by atoms with Crippen LogP contribution in [0.15, 0.2) is 24.3 Å². The van der Waals surface area contributed by atoms with E-state index in [1.165, 1.54) is 32.2 Å². The van der Waals surface area contributed by atoms with Gasteiger partial charge in [0, 0.05) is 24.2 Å². The minimum Gasteiger partial charge on any atom is -0.508 e. The van der Waals surface area contributed by atoms with E-state index in [4.69, 9.17) is 0 Å². The molecule has 2 atom stereocenters. The van der Waals surface area contributed by atoms with Crippen LogP contribution in [-0.4, -0.2) is 35.2 Å². The first kappa shape index (κ1) is 12.0. The molecule has 3 rings (SSSR count). The first-order valence-corrected chi connectivity index (χ1v) is 7.09. The Morgan fingerprint density at radius 1 is 1.22 bits per heavy atom. The molecule has 2 heterocycles. The molecule has 0 bridgehead atoms. The molecule has 2 aliphatic heterocycles. The predicted molar refractivity (Wildman–Crippen MR) is 72.6 cm³/mol. The summed E-state index contributed by atoms with van der Waals surface area (Å²) in [6.45, 7) is 3.22. The molecule has 2 fully saturated rings. The largest absolute Gasteiger partial charge is 0.508 e. The van der Waals surface area contributed by atoms with Gasteiger partial charge in [-0.25, -0.2) is 0 Å². The molecule has 98 valence electrons. The molecule has 18 heavy (non-hydrogen) atoms. The highest BCUT2D eigenvalue weighted by Crippen LogP contribution is 2.27. The molecule has 3 nitrogen and oxygen atoms in total. The summed E-state index contributed by atoms with van der Waals surface area (Å²) in [6, 6.07) is 9.05. The van der Waals surface area contributed by atoms with Gasteiger partial charge >= 0.3 is 0 Å². The van der Waals surface area contributed by atoms with Gasteiger partial charge in [-0.2, -0.15) is 0 Å². The third-order valence-corrected chi connectivity index (χ3v) is 4.34. The maximum Gasteiger partial charge on any atom is 0.120 e. The minimum absolute atomic E-state index is 0.434. The lowest BCUT2D eigenvalue weighted by molar-refractivity contribution is 0.0795. The summed E-state index contributed by atoms with van der Waals surface area (Å²) in [5.74, 6) is 0.434. The molecular formula is C15H22N2O. The first-order valence-electron chi connectivity index (χ1n) is 7.09. The average molecular weight is 246 g/mol. The molecule has 2 saturated heterocycles. The summed E-state index contributed by atoms with van der Waals surface area (Å²) >= 11 is 0. The molecule has 1 aromatic carbocycles. The van der Waals surface area contributed by atoms with Gasteiger partial charge in [0.15, 0.2) is 0 Å². The standard InChI is InChI=1S/C15H22N2O/c18-15-8-2-1-5-12(15)11-17-10-4-6-13-14(17)7-3-9-16-13/h1-2,5,8,13-14,16,18H,3-4,6-7,9-11H2/t13-,14-/m0/s1. The second kappa shape index (κ2) is 5.29. The zero-order chi connectivity index (χ0) is 12.4. The number of piperidine rings is 2. The van der Waals surface area contributed by atoms with E-state index < -0.39 is 0 Å². The van der Waals surface area contributed by atoms with Crippen molar-refractivity contribution < 1.29 is 5.11 Å². The zero-order valence-electron chi connectivity index (χ0n) is 10.8. The Morgan fingerprint density at radius 2 is 2.11 bits per heavy atom. The topological polar surface area (TPSA) is 35.5 Å². The van der Waals surface area contributed by atoms with Gasteiger partial charge in [0.2, 0.25) is 0 Å². The summed E-state index contributed by atoms with van der Waals surface area (Å²) in [5.41, 5.74) is 1.06. The van der Waals surface area contributed by atoms with Crippen molar-refractivity contribution in [2.45, 2.75) is 44.3 Å². The van der Waals surface area contributed by atoms with Crippen LogP contribution in [0.2, 0.25) is 0 Å². The van der Waals surface area contributed by atoms with Gasteiger partial charge in [-0.1, -0.05) is 18.2 Å². The number of phenolic OH excluding ortho intramolecular Hbond substituents is 1. The van der Waals surface area contributed by atoms with Crippen LogP contribution < -0.4 is 5.32 Å². The molecule has 0 aromatic heterocycles. The van der Waals surface area contributed by atoms with Crippen molar-refractivity contribution in [1.29, 1.82) is 0 Å². The number of nitrogens with one attached hydrogen (secondary N) is 1. The smallest absolute Gasteiger partial charge is 0.120 e. The summed E-state index contributed by atoms with van der Waals surface area (Å²) < 4.78 is 0. The van der Waals surface area contributed by atoms with Gasteiger partial charge in [-0.15, -0.1) is 0 Å². The number of rotatable bonds is 2. The van der Waals surface area contributed by atoms with E-state index in [-0.39, 0.29) is 0 Å². The highest BCUT2D eigenvalue weighted by molar-refractivity contribution is 5.31. The van der Waals surface area contributed by atoms with Crippen molar-refractivity contribution in [3.8, 4) is 5.75 Å². The summed E-state index contributed by atoms with van der Waals surface area (Å²) in [6.07, 6.45) is 5.15. The van der Waals surface area contributed by atoms with Crippen LogP contribution in [0.25, 0.3) is 0 Å². The van der Waals surface area contributed by atoms with Crippen LogP contribution >= 0.6 is 0 Å². The molecule has 0 spiro atoms. The van der Waals surface area contributed by atoms with E-state index in [0.29, 0.717) is 17.8 Å². The number of fused-ring (bicyclic) bond motifs is 1. The van der Waals surface area contributed by atoms with Crippen LogP contribution in [0.1, 0.15) is 31.2 Å². The maximum atomic E-state index is 9.89. The Balaban J connectivity index is 1.73. The number of aromatic hydroxyl groups is 1. The van der Waals surface area contributed by atoms with Crippen molar-refractivity contribution in [2.24, 2.45) is 0 Å². The highest BCUT2D eigenvalue weighted by atomic mass is 16.3. The van der Waals surface area contributed by atoms with E-state index in [1.54, 1.807) is 6.07 Å². The lowest BCUT2D eigenvalue weighted by Crippen LogP contribution is -2.56. The van der Waals surface area contributed by atoms with Crippen molar-refractivity contribution >= 4 is 0 Å². The summed E-state index contributed by atoms with van der Waals surface area (Å²) in [5, 5.41) is 13.5. The van der Waals surface area contributed by atoms with E-state index in [0.717, 1.165) is 18.7 Å². The van der Waals surface area contributed by atoms with Gasteiger partial charge in [0.25, 0.3) is 0 Å². The van der Waals surface area contributed by atoms with Gasteiger partial charge in [-0.05, 0) is 44.8 Å². The number of para-hydroxylation sites is 1. The SMILES string of the molecule is Oc1ccccc1CN1CCC[C@@H]2NCCC[C@@H]21. The van der Waals surface area contributed by atoms with Crippen molar-refractivity contribution in [1.82, 2.24) is 10.2 Å². The molecule has 3 heteroatoms. The number of benzene rings is 1. The lowest BCUT2D eigenvalue weighted by atomic mass is 9.89. The Kier molecular flexibility index (Phi) is 3.52. The summed E-state index contributed by atoms with van der Waals surface area (Å²) in [4.78, 5) is 2.55. The Labute approximate surface area is 109 Å². The van der Waals surface area contributed by atoms with E-state index >= 15 is 0 Å². The van der Waals surface area contributed by atoms with Crippen molar-refractivity contribution in [3.05, 3.63) is 29.8 Å². The van der Waals surface area contributed by atoms with Gasteiger partial charge in [0.1, 0.15) is 5.75 Å². The molecule has 0 saturated carbocycles. The van der Waals surface area contributed by atoms with Crippen molar-refractivity contribution in [3.63, 3.8) is 0 Å². The molecule has 1 aromatic rings.